The van der Waals surface area contributed by atoms with E-state index in [1.807, 2.05) is 50.2 Å². The van der Waals surface area contributed by atoms with Crippen molar-refractivity contribution in [1.29, 1.82) is 0 Å². The van der Waals surface area contributed by atoms with E-state index in [1.54, 1.807) is 12.1 Å². The number of rotatable bonds is 6. The summed E-state index contributed by atoms with van der Waals surface area (Å²) < 4.78 is 27.6. The lowest BCUT2D eigenvalue weighted by Crippen LogP contribution is -2.15. The number of amides is 1. The highest BCUT2D eigenvalue weighted by atomic mass is 32.2. The lowest BCUT2D eigenvalue weighted by Gasteiger charge is -2.11. The van der Waals surface area contributed by atoms with Crippen LogP contribution in [0.15, 0.2) is 77.7 Å². The first-order valence-corrected chi connectivity index (χ1v) is 10.5. The maximum absolute atomic E-state index is 12.5. The second-order valence-electron chi connectivity index (χ2n) is 6.46. The van der Waals surface area contributed by atoms with Crippen LogP contribution in [0.3, 0.4) is 0 Å². The van der Waals surface area contributed by atoms with Crippen LogP contribution >= 0.6 is 0 Å². The van der Waals surface area contributed by atoms with Crippen LogP contribution in [0, 0.1) is 6.92 Å². The lowest BCUT2D eigenvalue weighted by molar-refractivity contribution is 0.102. The molecule has 3 aromatic carbocycles. The molecule has 0 aliphatic carbocycles. The molecule has 0 saturated heterocycles. The van der Waals surface area contributed by atoms with Gasteiger partial charge in [0.1, 0.15) is 0 Å². The maximum Gasteiger partial charge on any atom is 0.261 e. The van der Waals surface area contributed by atoms with E-state index in [9.17, 15) is 13.2 Å². The van der Waals surface area contributed by atoms with E-state index in [-0.39, 0.29) is 10.8 Å². The summed E-state index contributed by atoms with van der Waals surface area (Å²) in [6.07, 6.45) is 0.804. The van der Waals surface area contributed by atoms with Gasteiger partial charge in [-0.1, -0.05) is 42.8 Å². The Bertz CT molecular complexity index is 1070. The van der Waals surface area contributed by atoms with Crippen LogP contribution < -0.4 is 10.0 Å². The average Bonchev–Trinajstić information content (AvgIpc) is 2.70. The molecular formula is C22H22N2O3S. The van der Waals surface area contributed by atoms with Crippen molar-refractivity contribution in [1.82, 2.24) is 0 Å². The van der Waals surface area contributed by atoms with E-state index in [0.29, 0.717) is 11.3 Å². The lowest BCUT2D eigenvalue weighted by atomic mass is 10.1. The molecule has 3 rings (SSSR count). The number of carbonyl (C=O) groups excluding carboxylic acids is 1. The zero-order valence-electron chi connectivity index (χ0n) is 15.8. The third-order valence-corrected chi connectivity index (χ3v) is 5.77. The summed E-state index contributed by atoms with van der Waals surface area (Å²) in [4.78, 5) is 12.6. The number of hydrogen-bond donors (Lipinski definition) is 2. The van der Waals surface area contributed by atoms with Crippen LogP contribution in [0.2, 0.25) is 0 Å². The molecule has 0 heterocycles. The highest BCUT2D eigenvalue weighted by molar-refractivity contribution is 7.92. The molecule has 0 spiro atoms. The molecule has 0 bridgehead atoms. The quantitative estimate of drug-likeness (QED) is 0.641. The van der Waals surface area contributed by atoms with Crippen LogP contribution in [0.4, 0.5) is 11.4 Å². The van der Waals surface area contributed by atoms with Crippen molar-refractivity contribution in [3.63, 3.8) is 0 Å². The maximum atomic E-state index is 12.5. The second-order valence-corrected chi connectivity index (χ2v) is 8.14. The topological polar surface area (TPSA) is 75.3 Å². The van der Waals surface area contributed by atoms with Crippen molar-refractivity contribution >= 4 is 27.3 Å². The fourth-order valence-corrected chi connectivity index (χ4v) is 3.82. The highest BCUT2D eigenvalue weighted by Gasteiger charge is 2.15. The van der Waals surface area contributed by atoms with Crippen molar-refractivity contribution in [2.45, 2.75) is 25.2 Å². The molecule has 1 amide bonds. The molecule has 0 aliphatic heterocycles. The molecule has 0 unspecified atom stereocenters. The predicted molar refractivity (Wildman–Crippen MR) is 112 cm³/mol. The van der Waals surface area contributed by atoms with Gasteiger partial charge in [-0.25, -0.2) is 8.42 Å². The first kappa shape index (κ1) is 19.6. The Morgan fingerprint density at radius 1 is 0.893 bits per heavy atom. The van der Waals surface area contributed by atoms with E-state index in [1.165, 1.54) is 24.3 Å². The number of benzene rings is 3. The molecule has 144 valence electrons. The zero-order chi connectivity index (χ0) is 20.1. The van der Waals surface area contributed by atoms with Gasteiger partial charge in [-0.3, -0.25) is 9.52 Å². The number of hydrogen-bond acceptors (Lipinski definition) is 3. The number of para-hydroxylation sites is 1. The summed E-state index contributed by atoms with van der Waals surface area (Å²) in [6.45, 7) is 3.95. The fraction of sp³-hybridized carbons (Fsp3) is 0.136. The standard InChI is InChI=1S/C22H22N2O3S/c1-3-17-6-4-5-7-21(17)23-22(25)18-10-14-20(15-11-18)28(26,27)24-19-12-8-16(2)9-13-19/h4-15,24H,3H2,1-2H3,(H,23,25). The van der Waals surface area contributed by atoms with E-state index in [0.717, 1.165) is 23.2 Å². The number of aryl methyl sites for hydroxylation is 2. The largest absolute Gasteiger partial charge is 0.322 e. The van der Waals surface area contributed by atoms with Crippen LogP contribution in [-0.4, -0.2) is 14.3 Å². The normalized spacial score (nSPS) is 11.1. The van der Waals surface area contributed by atoms with E-state index in [4.69, 9.17) is 0 Å². The minimum Gasteiger partial charge on any atom is -0.322 e. The molecular weight excluding hydrogens is 372 g/mol. The van der Waals surface area contributed by atoms with Gasteiger partial charge in [0.05, 0.1) is 4.90 Å². The minimum absolute atomic E-state index is 0.0959. The van der Waals surface area contributed by atoms with Gasteiger partial charge in [0.2, 0.25) is 0 Å². The summed E-state index contributed by atoms with van der Waals surface area (Å²) in [6, 6.07) is 20.5. The van der Waals surface area contributed by atoms with Crippen LogP contribution in [0.1, 0.15) is 28.4 Å². The van der Waals surface area contributed by atoms with Gasteiger partial charge in [-0.15, -0.1) is 0 Å². The molecule has 0 atom stereocenters. The Hall–Kier alpha value is -3.12. The third-order valence-electron chi connectivity index (χ3n) is 4.38. The predicted octanol–water partition coefficient (Wildman–Crippen LogP) is 4.61. The van der Waals surface area contributed by atoms with Crippen molar-refractivity contribution < 1.29 is 13.2 Å². The first-order chi connectivity index (χ1) is 13.4. The SMILES string of the molecule is CCc1ccccc1NC(=O)c1ccc(S(=O)(=O)Nc2ccc(C)cc2)cc1. The molecule has 0 aliphatic rings. The van der Waals surface area contributed by atoms with Gasteiger partial charge in [0.15, 0.2) is 0 Å². The minimum atomic E-state index is -3.72. The van der Waals surface area contributed by atoms with E-state index in [2.05, 4.69) is 10.0 Å². The molecule has 2 N–H and O–H groups in total. The Morgan fingerprint density at radius 2 is 1.54 bits per heavy atom. The summed E-state index contributed by atoms with van der Waals surface area (Å²) in [5.74, 6) is -0.281. The smallest absolute Gasteiger partial charge is 0.261 e. The third kappa shape index (κ3) is 4.58. The van der Waals surface area contributed by atoms with Gasteiger partial charge in [0.25, 0.3) is 15.9 Å². The summed E-state index contributed by atoms with van der Waals surface area (Å²) in [5, 5.41) is 2.88. The Kier molecular flexibility index (Phi) is 5.80. The second kappa shape index (κ2) is 8.27. The fourth-order valence-electron chi connectivity index (χ4n) is 2.77. The van der Waals surface area contributed by atoms with Gasteiger partial charge >= 0.3 is 0 Å². The molecule has 3 aromatic rings. The van der Waals surface area contributed by atoms with Crippen LogP contribution in [0.25, 0.3) is 0 Å². The van der Waals surface area contributed by atoms with Crippen LogP contribution in [-0.2, 0) is 16.4 Å². The Labute approximate surface area is 165 Å². The zero-order valence-corrected chi connectivity index (χ0v) is 16.6. The van der Waals surface area contributed by atoms with E-state index >= 15 is 0 Å². The molecule has 5 nitrogen and oxygen atoms in total. The van der Waals surface area contributed by atoms with Crippen LogP contribution in [0.5, 0.6) is 0 Å². The van der Waals surface area contributed by atoms with Crippen molar-refractivity contribution in [2.24, 2.45) is 0 Å². The van der Waals surface area contributed by atoms with Gasteiger partial charge < -0.3 is 5.32 Å². The van der Waals surface area contributed by atoms with E-state index < -0.39 is 10.0 Å². The van der Waals surface area contributed by atoms with Gasteiger partial charge in [0, 0.05) is 16.9 Å². The van der Waals surface area contributed by atoms with Crippen molar-refractivity contribution in [3.8, 4) is 0 Å². The molecule has 0 aromatic heterocycles. The number of nitrogens with one attached hydrogen (secondary N) is 2. The first-order valence-electron chi connectivity index (χ1n) is 8.98. The monoisotopic (exact) mass is 394 g/mol. The average molecular weight is 394 g/mol. The Balaban J connectivity index is 1.75. The Morgan fingerprint density at radius 3 is 2.18 bits per heavy atom. The molecule has 0 fully saturated rings. The van der Waals surface area contributed by atoms with Gasteiger partial charge in [-0.2, -0.15) is 0 Å². The molecule has 0 saturated carbocycles. The molecule has 6 heteroatoms. The summed E-state index contributed by atoms with van der Waals surface area (Å²) >= 11 is 0. The number of sulfonamides is 1. The van der Waals surface area contributed by atoms with Gasteiger partial charge in [-0.05, 0) is 61.4 Å². The molecule has 0 radical (unpaired) electrons. The number of anilines is 2. The van der Waals surface area contributed by atoms with Crippen molar-refractivity contribution in [3.05, 3.63) is 89.5 Å². The van der Waals surface area contributed by atoms with Crippen molar-refractivity contribution in [2.75, 3.05) is 10.0 Å². The molecule has 28 heavy (non-hydrogen) atoms. The summed E-state index contributed by atoms with van der Waals surface area (Å²) in [5.41, 5.74) is 3.72. The summed E-state index contributed by atoms with van der Waals surface area (Å²) in [7, 11) is -3.72. The number of carbonyl (C=O) groups is 1. The highest BCUT2D eigenvalue weighted by Crippen LogP contribution is 2.19.